The second-order valence-corrected chi connectivity index (χ2v) is 5.35. The second-order valence-electron chi connectivity index (χ2n) is 4.91. The van der Waals surface area contributed by atoms with Gasteiger partial charge in [-0.2, -0.15) is 0 Å². The Kier molecular flexibility index (Phi) is 3.94. The highest BCUT2D eigenvalue weighted by Crippen LogP contribution is 2.27. The van der Waals surface area contributed by atoms with Gasteiger partial charge in [-0.25, -0.2) is 0 Å². The fourth-order valence-corrected chi connectivity index (χ4v) is 2.44. The van der Waals surface area contributed by atoms with Crippen LogP contribution in [0.4, 0.5) is 11.4 Å². The van der Waals surface area contributed by atoms with Crippen molar-refractivity contribution < 1.29 is 9.90 Å². The van der Waals surface area contributed by atoms with Crippen LogP contribution in [0.25, 0.3) is 10.9 Å². The summed E-state index contributed by atoms with van der Waals surface area (Å²) < 4.78 is 0. The Morgan fingerprint density at radius 1 is 1.14 bits per heavy atom. The maximum Gasteiger partial charge on any atom is 0.307 e. The molecule has 0 aliphatic rings. The molecule has 1 heterocycles. The first-order valence-electron chi connectivity index (χ1n) is 6.74. The molecule has 3 aromatic rings. The molecule has 0 spiro atoms. The molecule has 110 valence electrons. The van der Waals surface area contributed by atoms with Crippen molar-refractivity contribution in [2.45, 2.75) is 6.42 Å². The molecule has 0 amide bonds. The average Bonchev–Trinajstić information content (AvgIpc) is 2.49. The van der Waals surface area contributed by atoms with E-state index in [4.69, 9.17) is 16.7 Å². The lowest BCUT2D eigenvalue weighted by Crippen LogP contribution is -2.00. The predicted octanol–water partition coefficient (Wildman–Crippen LogP) is 4.26. The molecule has 2 aromatic carbocycles. The highest BCUT2D eigenvalue weighted by Gasteiger charge is 2.04. The molecular formula is C17H13ClN2O2. The molecule has 3 rings (SSSR count). The van der Waals surface area contributed by atoms with Crippen LogP contribution in [0.2, 0.25) is 5.02 Å². The lowest BCUT2D eigenvalue weighted by molar-refractivity contribution is -0.136. The van der Waals surface area contributed by atoms with Crippen LogP contribution in [-0.4, -0.2) is 16.1 Å². The lowest BCUT2D eigenvalue weighted by Gasteiger charge is -2.10. The Labute approximate surface area is 132 Å². The van der Waals surface area contributed by atoms with Crippen molar-refractivity contribution >= 4 is 39.8 Å². The van der Waals surface area contributed by atoms with Gasteiger partial charge >= 0.3 is 5.97 Å². The number of pyridine rings is 1. The number of fused-ring (bicyclic) bond motifs is 1. The van der Waals surface area contributed by atoms with Crippen molar-refractivity contribution in [3.63, 3.8) is 0 Å². The third-order valence-electron chi connectivity index (χ3n) is 3.29. The molecule has 0 bridgehead atoms. The minimum absolute atomic E-state index is 0.0219. The molecule has 22 heavy (non-hydrogen) atoms. The van der Waals surface area contributed by atoms with E-state index >= 15 is 0 Å². The molecule has 1 aromatic heterocycles. The lowest BCUT2D eigenvalue weighted by atomic mass is 10.1. The summed E-state index contributed by atoms with van der Waals surface area (Å²) in [5, 5.41) is 13.7. The van der Waals surface area contributed by atoms with E-state index in [1.54, 1.807) is 24.4 Å². The van der Waals surface area contributed by atoms with Gasteiger partial charge in [-0.05, 0) is 42.0 Å². The van der Waals surface area contributed by atoms with Gasteiger partial charge in [-0.3, -0.25) is 9.78 Å². The molecule has 0 aliphatic carbocycles. The first kappa shape index (κ1) is 14.4. The summed E-state index contributed by atoms with van der Waals surface area (Å²) in [4.78, 5) is 15.0. The van der Waals surface area contributed by atoms with Crippen molar-refractivity contribution in [1.82, 2.24) is 4.98 Å². The van der Waals surface area contributed by atoms with Crippen LogP contribution in [-0.2, 0) is 11.2 Å². The largest absolute Gasteiger partial charge is 0.481 e. The minimum atomic E-state index is -0.838. The van der Waals surface area contributed by atoms with Gasteiger partial charge in [-0.15, -0.1) is 0 Å². The highest BCUT2D eigenvalue weighted by molar-refractivity contribution is 6.31. The summed E-state index contributed by atoms with van der Waals surface area (Å²) in [6, 6.07) is 14.7. The summed E-state index contributed by atoms with van der Waals surface area (Å²) in [6.07, 6.45) is 1.76. The Balaban J connectivity index is 1.89. The van der Waals surface area contributed by atoms with Gasteiger partial charge in [0.1, 0.15) is 0 Å². The number of halogens is 1. The summed E-state index contributed by atoms with van der Waals surface area (Å²) >= 11 is 6.05. The maximum atomic E-state index is 10.7. The van der Waals surface area contributed by atoms with Gasteiger partial charge in [0.15, 0.2) is 0 Å². The van der Waals surface area contributed by atoms with Gasteiger partial charge in [0, 0.05) is 28.0 Å². The normalized spacial score (nSPS) is 10.6. The van der Waals surface area contributed by atoms with E-state index in [2.05, 4.69) is 10.3 Å². The Bertz CT molecular complexity index is 832. The number of carboxylic acids is 1. The molecule has 0 saturated carbocycles. The Morgan fingerprint density at radius 3 is 2.64 bits per heavy atom. The number of anilines is 2. The monoisotopic (exact) mass is 312 g/mol. The molecule has 5 heteroatoms. The Morgan fingerprint density at radius 2 is 1.91 bits per heavy atom. The van der Waals surface area contributed by atoms with E-state index in [0.717, 1.165) is 27.8 Å². The summed E-state index contributed by atoms with van der Waals surface area (Å²) in [7, 11) is 0. The molecule has 0 fully saturated rings. The van der Waals surface area contributed by atoms with E-state index in [-0.39, 0.29) is 6.42 Å². The molecule has 0 aliphatic heterocycles. The maximum absolute atomic E-state index is 10.7. The van der Waals surface area contributed by atoms with Gasteiger partial charge in [0.25, 0.3) is 0 Å². The van der Waals surface area contributed by atoms with Gasteiger partial charge < -0.3 is 10.4 Å². The molecular weight excluding hydrogens is 300 g/mol. The third-order valence-corrected chi connectivity index (χ3v) is 3.53. The number of benzene rings is 2. The number of hydrogen-bond donors (Lipinski definition) is 2. The quantitative estimate of drug-likeness (QED) is 0.755. The van der Waals surface area contributed by atoms with Crippen molar-refractivity contribution in [3.05, 3.63) is 65.3 Å². The number of nitrogens with zero attached hydrogens (tertiary/aromatic N) is 1. The fraction of sp³-hybridized carbons (Fsp3) is 0.0588. The van der Waals surface area contributed by atoms with Crippen LogP contribution in [0.15, 0.2) is 54.7 Å². The molecule has 0 atom stereocenters. The van der Waals surface area contributed by atoms with Crippen LogP contribution in [0, 0.1) is 0 Å². The topological polar surface area (TPSA) is 62.2 Å². The van der Waals surface area contributed by atoms with Crippen LogP contribution in [0.3, 0.4) is 0 Å². The van der Waals surface area contributed by atoms with Crippen LogP contribution >= 0.6 is 11.6 Å². The average molecular weight is 313 g/mol. The van der Waals surface area contributed by atoms with Crippen LogP contribution < -0.4 is 5.32 Å². The van der Waals surface area contributed by atoms with E-state index in [0.29, 0.717) is 5.02 Å². The zero-order valence-corrected chi connectivity index (χ0v) is 12.3. The number of carbonyl (C=O) groups is 1. The molecule has 0 unspecified atom stereocenters. The van der Waals surface area contributed by atoms with Crippen molar-refractivity contribution in [2.24, 2.45) is 0 Å². The van der Waals surface area contributed by atoms with E-state index in [9.17, 15) is 4.79 Å². The zero-order chi connectivity index (χ0) is 15.5. The number of aliphatic carboxylic acids is 1. The molecule has 4 nitrogen and oxygen atoms in total. The summed E-state index contributed by atoms with van der Waals surface area (Å²) in [6.45, 7) is 0. The van der Waals surface area contributed by atoms with E-state index in [1.807, 2.05) is 30.3 Å². The SMILES string of the molecule is O=C(O)Cc1ccc(Nc2ccnc3ccc(Cl)cc23)cc1. The van der Waals surface area contributed by atoms with E-state index in [1.165, 1.54) is 0 Å². The Hall–Kier alpha value is -2.59. The standard InChI is InChI=1S/C17H13ClN2O2/c18-12-3-6-15-14(10-12)16(7-8-19-15)20-13-4-1-11(2-5-13)9-17(21)22/h1-8,10H,9H2,(H,19,20)(H,21,22). The van der Waals surface area contributed by atoms with Crippen molar-refractivity contribution in [2.75, 3.05) is 5.32 Å². The highest BCUT2D eigenvalue weighted by atomic mass is 35.5. The van der Waals surface area contributed by atoms with E-state index < -0.39 is 5.97 Å². The number of hydrogen-bond acceptors (Lipinski definition) is 3. The zero-order valence-electron chi connectivity index (χ0n) is 11.6. The van der Waals surface area contributed by atoms with Crippen molar-refractivity contribution in [1.29, 1.82) is 0 Å². The van der Waals surface area contributed by atoms with Gasteiger partial charge in [-0.1, -0.05) is 23.7 Å². The fourth-order valence-electron chi connectivity index (χ4n) is 2.26. The first-order chi connectivity index (χ1) is 10.6. The number of rotatable bonds is 4. The van der Waals surface area contributed by atoms with Crippen molar-refractivity contribution in [3.8, 4) is 0 Å². The smallest absolute Gasteiger partial charge is 0.307 e. The minimum Gasteiger partial charge on any atom is -0.481 e. The van der Waals surface area contributed by atoms with Gasteiger partial charge in [0.2, 0.25) is 0 Å². The number of carboxylic acid groups (broad SMARTS) is 1. The van der Waals surface area contributed by atoms with Gasteiger partial charge in [0.05, 0.1) is 11.9 Å². The summed E-state index contributed by atoms with van der Waals surface area (Å²) in [5.41, 5.74) is 3.40. The molecule has 0 saturated heterocycles. The second kappa shape index (κ2) is 6.03. The van der Waals surface area contributed by atoms with Crippen LogP contribution in [0.1, 0.15) is 5.56 Å². The number of aromatic nitrogens is 1. The first-order valence-corrected chi connectivity index (χ1v) is 7.11. The van der Waals surface area contributed by atoms with Crippen LogP contribution in [0.5, 0.6) is 0 Å². The predicted molar refractivity (Wildman–Crippen MR) is 87.8 cm³/mol. The molecule has 0 radical (unpaired) electrons. The number of nitrogens with one attached hydrogen (secondary N) is 1. The molecule has 2 N–H and O–H groups in total. The third kappa shape index (κ3) is 3.18. The summed E-state index contributed by atoms with van der Waals surface area (Å²) in [5.74, 6) is -0.838.